The average Bonchev–Trinajstić information content (AvgIpc) is 2.27. The number of hydrogen-bond donors (Lipinski definition) is 2. The number of amides is 2. The Morgan fingerprint density at radius 3 is 2.82 bits per heavy atom. The fourth-order valence-corrected chi connectivity index (χ4v) is 1.79. The zero-order valence-electron chi connectivity index (χ0n) is 9.91. The molecule has 0 saturated carbocycles. The Bertz CT molecular complexity index is 469. The molecule has 0 spiro atoms. The molecule has 0 fully saturated rings. The molecule has 1 aliphatic rings. The van der Waals surface area contributed by atoms with Crippen LogP contribution >= 0.6 is 0 Å². The van der Waals surface area contributed by atoms with Gasteiger partial charge in [0.05, 0.1) is 0 Å². The standard InChI is InChI=1S/C12H15N3O2/c1-15(2)14-12(17)9-3-5-10-8(7-9)4-6-11(16)13-10/h3,5,7H,4,6H2,1-2H3,(H,13,16)(H,14,17). The number of nitrogens with one attached hydrogen (secondary N) is 2. The molecule has 2 N–H and O–H groups in total. The van der Waals surface area contributed by atoms with Gasteiger partial charge in [0.25, 0.3) is 5.91 Å². The Hall–Kier alpha value is -1.88. The maximum absolute atomic E-state index is 11.8. The summed E-state index contributed by atoms with van der Waals surface area (Å²) in [6.45, 7) is 0. The smallest absolute Gasteiger partial charge is 0.265 e. The zero-order chi connectivity index (χ0) is 12.4. The molecule has 2 rings (SSSR count). The lowest BCUT2D eigenvalue weighted by Gasteiger charge is -2.18. The van der Waals surface area contributed by atoms with Gasteiger partial charge in [0, 0.05) is 31.8 Å². The number of fused-ring (bicyclic) bond motifs is 1. The van der Waals surface area contributed by atoms with E-state index in [1.807, 2.05) is 6.07 Å². The van der Waals surface area contributed by atoms with Crippen LogP contribution in [0.25, 0.3) is 0 Å². The minimum atomic E-state index is -0.144. The number of hydrogen-bond acceptors (Lipinski definition) is 3. The first-order valence-electron chi connectivity index (χ1n) is 5.47. The van der Waals surface area contributed by atoms with E-state index in [4.69, 9.17) is 0 Å². The summed E-state index contributed by atoms with van der Waals surface area (Å²) >= 11 is 0. The van der Waals surface area contributed by atoms with Crippen molar-refractivity contribution in [2.45, 2.75) is 12.8 Å². The summed E-state index contributed by atoms with van der Waals surface area (Å²) in [5, 5.41) is 4.39. The van der Waals surface area contributed by atoms with E-state index in [1.165, 1.54) is 0 Å². The van der Waals surface area contributed by atoms with Crippen molar-refractivity contribution in [3.05, 3.63) is 29.3 Å². The van der Waals surface area contributed by atoms with Crippen molar-refractivity contribution in [2.24, 2.45) is 0 Å². The lowest BCUT2D eigenvalue weighted by Crippen LogP contribution is -2.36. The van der Waals surface area contributed by atoms with Crippen molar-refractivity contribution in [3.63, 3.8) is 0 Å². The molecule has 5 nitrogen and oxygen atoms in total. The lowest BCUT2D eigenvalue weighted by atomic mass is 10.0. The van der Waals surface area contributed by atoms with Crippen molar-refractivity contribution in [1.29, 1.82) is 0 Å². The Balaban J connectivity index is 2.22. The molecule has 0 atom stereocenters. The maximum Gasteiger partial charge on any atom is 0.265 e. The number of carbonyl (C=O) groups is 2. The number of rotatable bonds is 2. The van der Waals surface area contributed by atoms with Crippen LogP contribution in [0, 0.1) is 0 Å². The molecule has 0 bridgehead atoms. The summed E-state index contributed by atoms with van der Waals surface area (Å²) in [7, 11) is 3.52. The Morgan fingerprint density at radius 1 is 1.35 bits per heavy atom. The largest absolute Gasteiger partial charge is 0.326 e. The van der Waals surface area contributed by atoms with E-state index >= 15 is 0 Å². The Morgan fingerprint density at radius 2 is 2.12 bits per heavy atom. The topological polar surface area (TPSA) is 61.4 Å². The minimum Gasteiger partial charge on any atom is -0.326 e. The third-order valence-electron chi connectivity index (χ3n) is 2.59. The predicted octanol–water partition coefficient (Wildman–Crippen LogP) is 0.778. The second kappa shape index (κ2) is 4.55. The first-order valence-corrected chi connectivity index (χ1v) is 5.47. The molecular formula is C12H15N3O2. The van der Waals surface area contributed by atoms with E-state index in [1.54, 1.807) is 31.2 Å². The molecule has 0 aromatic heterocycles. The third-order valence-corrected chi connectivity index (χ3v) is 2.59. The summed E-state index contributed by atoms with van der Waals surface area (Å²) in [6, 6.07) is 5.31. The van der Waals surface area contributed by atoms with Gasteiger partial charge in [-0.3, -0.25) is 15.0 Å². The summed E-state index contributed by atoms with van der Waals surface area (Å²) in [6.07, 6.45) is 1.16. The number of anilines is 1. The van der Waals surface area contributed by atoms with E-state index in [0.717, 1.165) is 11.3 Å². The Kier molecular flexibility index (Phi) is 3.10. The van der Waals surface area contributed by atoms with Gasteiger partial charge in [-0.25, -0.2) is 5.01 Å². The fraction of sp³-hybridized carbons (Fsp3) is 0.333. The van der Waals surface area contributed by atoms with Crippen molar-refractivity contribution >= 4 is 17.5 Å². The highest BCUT2D eigenvalue weighted by molar-refractivity contribution is 5.97. The molecule has 5 heteroatoms. The van der Waals surface area contributed by atoms with Gasteiger partial charge in [-0.05, 0) is 30.2 Å². The number of hydrazine groups is 1. The maximum atomic E-state index is 11.8. The van der Waals surface area contributed by atoms with Gasteiger partial charge in [-0.15, -0.1) is 0 Å². The van der Waals surface area contributed by atoms with E-state index < -0.39 is 0 Å². The molecular weight excluding hydrogens is 218 g/mol. The van der Waals surface area contributed by atoms with E-state index in [-0.39, 0.29) is 11.8 Å². The normalized spacial score (nSPS) is 14.2. The van der Waals surface area contributed by atoms with Crippen LogP contribution in [0.1, 0.15) is 22.3 Å². The van der Waals surface area contributed by atoms with Crippen LogP contribution in [0.5, 0.6) is 0 Å². The summed E-state index contributed by atoms with van der Waals surface area (Å²) in [4.78, 5) is 23.0. The summed E-state index contributed by atoms with van der Waals surface area (Å²) in [5.74, 6) is -0.113. The molecule has 17 heavy (non-hydrogen) atoms. The van der Waals surface area contributed by atoms with Crippen molar-refractivity contribution in [2.75, 3.05) is 19.4 Å². The van der Waals surface area contributed by atoms with Crippen molar-refractivity contribution < 1.29 is 9.59 Å². The molecule has 1 aromatic carbocycles. The van der Waals surface area contributed by atoms with Gasteiger partial charge in [0.15, 0.2) is 0 Å². The lowest BCUT2D eigenvalue weighted by molar-refractivity contribution is -0.116. The van der Waals surface area contributed by atoms with Gasteiger partial charge < -0.3 is 5.32 Å². The van der Waals surface area contributed by atoms with Crippen LogP contribution in [0.4, 0.5) is 5.69 Å². The van der Waals surface area contributed by atoms with Gasteiger partial charge in [0.1, 0.15) is 0 Å². The van der Waals surface area contributed by atoms with Crippen LogP contribution in [0.3, 0.4) is 0 Å². The van der Waals surface area contributed by atoms with Gasteiger partial charge in [-0.1, -0.05) is 0 Å². The monoisotopic (exact) mass is 233 g/mol. The first-order chi connectivity index (χ1) is 8.06. The Labute approximate surface area is 99.8 Å². The van der Waals surface area contributed by atoms with Crippen LogP contribution in [-0.4, -0.2) is 30.9 Å². The molecule has 1 heterocycles. The minimum absolute atomic E-state index is 0.0305. The summed E-state index contributed by atoms with van der Waals surface area (Å²) < 4.78 is 0. The number of benzene rings is 1. The van der Waals surface area contributed by atoms with Crippen LogP contribution < -0.4 is 10.7 Å². The summed E-state index contributed by atoms with van der Waals surface area (Å²) in [5.41, 5.74) is 5.11. The number of nitrogens with zero attached hydrogens (tertiary/aromatic N) is 1. The first kappa shape index (κ1) is 11.6. The highest BCUT2D eigenvalue weighted by Crippen LogP contribution is 2.23. The van der Waals surface area contributed by atoms with E-state index in [0.29, 0.717) is 18.4 Å². The molecule has 90 valence electrons. The second-order valence-corrected chi connectivity index (χ2v) is 4.26. The highest BCUT2D eigenvalue weighted by Gasteiger charge is 2.16. The molecule has 2 amide bonds. The van der Waals surface area contributed by atoms with Crippen LogP contribution in [-0.2, 0) is 11.2 Å². The highest BCUT2D eigenvalue weighted by atomic mass is 16.2. The molecule has 0 saturated heterocycles. The van der Waals surface area contributed by atoms with Crippen LogP contribution in [0.15, 0.2) is 18.2 Å². The zero-order valence-corrected chi connectivity index (χ0v) is 9.91. The average molecular weight is 233 g/mol. The fourth-order valence-electron chi connectivity index (χ4n) is 1.79. The molecule has 0 unspecified atom stereocenters. The van der Waals surface area contributed by atoms with Crippen molar-refractivity contribution in [1.82, 2.24) is 10.4 Å². The molecule has 0 aliphatic carbocycles. The van der Waals surface area contributed by atoms with Gasteiger partial charge >= 0.3 is 0 Å². The van der Waals surface area contributed by atoms with Gasteiger partial charge in [0.2, 0.25) is 5.91 Å². The SMILES string of the molecule is CN(C)NC(=O)c1ccc2c(c1)CCC(=O)N2. The van der Waals surface area contributed by atoms with Crippen LogP contribution in [0.2, 0.25) is 0 Å². The predicted molar refractivity (Wildman–Crippen MR) is 64.5 cm³/mol. The number of aryl methyl sites for hydroxylation is 1. The van der Waals surface area contributed by atoms with Crippen molar-refractivity contribution in [3.8, 4) is 0 Å². The van der Waals surface area contributed by atoms with E-state index in [9.17, 15) is 9.59 Å². The quantitative estimate of drug-likeness (QED) is 0.742. The van der Waals surface area contributed by atoms with Gasteiger partial charge in [-0.2, -0.15) is 0 Å². The molecule has 1 aromatic rings. The van der Waals surface area contributed by atoms with E-state index in [2.05, 4.69) is 10.7 Å². The number of carbonyl (C=O) groups excluding carboxylic acids is 2. The molecule has 0 radical (unpaired) electrons. The second-order valence-electron chi connectivity index (χ2n) is 4.26. The third kappa shape index (κ3) is 2.62. The molecule has 1 aliphatic heterocycles.